The monoisotopic (exact) mass is 257 g/mol. The predicted octanol–water partition coefficient (Wildman–Crippen LogP) is 1.78. The van der Waals surface area contributed by atoms with E-state index in [4.69, 9.17) is 5.11 Å². The van der Waals surface area contributed by atoms with Gasteiger partial charge < -0.3 is 10.0 Å². The quantitative estimate of drug-likeness (QED) is 0.861. The molecule has 17 heavy (non-hydrogen) atoms. The topological polar surface area (TPSA) is 82.5 Å². The van der Waals surface area contributed by atoms with E-state index in [1.165, 1.54) is 16.2 Å². The molecule has 0 spiro atoms. The number of nitrogens with zero attached hydrogens (tertiary/aromatic N) is 2. The average molecular weight is 257 g/mol. The maximum Gasteiger partial charge on any atom is 0.324 e. The van der Waals surface area contributed by atoms with Gasteiger partial charge in [-0.15, -0.1) is 11.3 Å². The van der Waals surface area contributed by atoms with Crippen LogP contribution < -0.4 is 5.32 Å². The van der Waals surface area contributed by atoms with Crippen LogP contribution in [0.1, 0.15) is 19.5 Å². The third-order valence-electron chi connectivity index (χ3n) is 2.02. The van der Waals surface area contributed by atoms with Crippen LogP contribution in [-0.4, -0.2) is 39.6 Å². The zero-order chi connectivity index (χ0) is 13.0. The number of nitrogens with one attached hydrogen (secondary N) is 1. The molecular weight excluding hydrogens is 242 g/mol. The lowest BCUT2D eigenvalue weighted by Gasteiger charge is -2.24. The Morgan fingerprint density at radius 2 is 2.24 bits per heavy atom. The normalized spacial score (nSPS) is 10.4. The van der Waals surface area contributed by atoms with Gasteiger partial charge in [-0.05, 0) is 20.8 Å². The lowest BCUT2D eigenvalue weighted by atomic mass is 10.3. The fraction of sp³-hybridized carbons (Fsp3) is 0.500. The molecule has 0 saturated carbocycles. The van der Waals surface area contributed by atoms with Crippen LogP contribution in [0.4, 0.5) is 9.93 Å². The van der Waals surface area contributed by atoms with Gasteiger partial charge in [0.25, 0.3) is 0 Å². The lowest BCUT2D eigenvalue weighted by Crippen LogP contribution is -2.43. The smallest absolute Gasteiger partial charge is 0.324 e. The molecule has 1 aromatic heterocycles. The van der Waals surface area contributed by atoms with Crippen molar-refractivity contribution in [2.75, 3.05) is 11.9 Å². The van der Waals surface area contributed by atoms with Crippen molar-refractivity contribution in [2.45, 2.75) is 26.8 Å². The number of carboxylic acids is 1. The van der Waals surface area contributed by atoms with Crippen molar-refractivity contribution < 1.29 is 14.7 Å². The summed E-state index contributed by atoms with van der Waals surface area (Å²) in [5.74, 6) is -1.04. The zero-order valence-electron chi connectivity index (χ0n) is 9.93. The number of hydrogen-bond donors (Lipinski definition) is 2. The molecule has 0 saturated heterocycles. The van der Waals surface area contributed by atoms with E-state index < -0.39 is 12.0 Å². The lowest BCUT2D eigenvalue weighted by molar-refractivity contribution is -0.137. The minimum Gasteiger partial charge on any atom is -0.480 e. The number of rotatable bonds is 4. The molecule has 0 unspecified atom stereocenters. The van der Waals surface area contributed by atoms with Gasteiger partial charge in [-0.25, -0.2) is 9.78 Å². The number of aliphatic carboxylic acids is 1. The van der Waals surface area contributed by atoms with Gasteiger partial charge in [-0.3, -0.25) is 10.1 Å². The molecule has 0 bridgehead atoms. The average Bonchev–Trinajstić information content (AvgIpc) is 2.59. The van der Waals surface area contributed by atoms with Gasteiger partial charge in [0.15, 0.2) is 5.13 Å². The van der Waals surface area contributed by atoms with Gasteiger partial charge in [0, 0.05) is 11.4 Å². The number of carboxylic acid groups (broad SMARTS) is 1. The number of amides is 2. The molecule has 0 atom stereocenters. The molecule has 0 aliphatic carbocycles. The molecule has 0 aliphatic heterocycles. The summed E-state index contributed by atoms with van der Waals surface area (Å²) in [5, 5.41) is 13.6. The molecule has 6 nitrogen and oxygen atoms in total. The zero-order valence-corrected chi connectivity index (χ0v) is 10.7. The van der Waals surface area contributed by atoms with Crippen LogP contribution in [0.15, 0.2) is 5.38 Å². The first-order chi connectivity index (χ1) is 7.90. The Labute approximate surface area is 103 Å². The highest BCUT2D eigenvalue weighted by atomic mass is 32.1. The third kappa shape index (κ3) is 4.03. The van der Waals surface area contributed by atoms with Crippen LogP contribution in [0.2, 0.25) is 0 Å². The minimum absolute atomic E-state index is 0.188. The van der Waals surface area contributed by atoms with Crippen molar-refractivity contribution in [3.63, 3.8) is 0 Å². The molecule has 1 aromatic rings. The Morgan fingerprint density at radius 3 is 2.65 bits per heavy atom. The van der Waals surface area contributed by atoms with Crippen LogP contribution >= 0.6 is 11.3 Å². The summed E-state index contributed by atoms with van der Waals surface area (Å²) >= 11 is 1.31. The second kappa shape index (κ2) is 5.62. The van der Waals surface area contributed by atoms with Crippen LogP contribution in [-0.2, 0) is 4.79 Å². The van der Waals surface area contributed by atoms with Crippen LogP contribution in [0.25, 0.3) is 0 Å². The van der Waals surface area contributed by atoms with Gasteiger partial charge in [0.2, 0.25) is 0 Å². The predicted molar refractivity (Wildman–Crippen MR) is 65.3 cm³/mol. The van der Waals surface area contributed by atoms with Crippen LogP contribution in [0, 0.1) is 6.92 Å². The fourth-order valence-electron chi connectivity index (χ4n) is 1.21. The maximum atomic E-state index is 11.8. The van der Waals surface area contributed by atoms with Gasteiger partial charge in [0.05, 0.1) is 5.69 Å². The van der Waals surface area contributed by atoms with Gasteiger partial charge in [0.1, 0.15) is 6.54 Å². The van der Waals surface area contributed by atoms with Crippen molar-refractivity contribution in [3.8, 4) is 0 Å². The summed E-state index contributed by atoms with van der Waals surface area (Å²) in [4.78, 5) is 27.8. The summed E-state index contributed by atoms with van der Waals surface area (Å²) in [5.41, 5.74) is 0.819. The van der Waals surface area contributed by atoms with Crippen molar-refractivity contribution in [1.82, 2.24) is 9.88 Å². The summed E-state index contributed by atoms with van der Waals surface area (Å²) in [6, 6.07) is -0.635. The molecule has 0 radical (unpaired) electrons. The second-order valence-electron chi connectivity index (χ2n) is 3.84. The van der Waals surface area contributed by atoms with E-state index in [2.05, 4.69) is 10.3 Å². The molecule has 94 valence electrons. The highest BCUT2D eigenvalue weighted by Gasteiger charge is 2.20. The number of aryl methyl sites for hydroxylation is 1. The Hall–Kier alpha value is -1.63. The molecule has 2 amide bonds. The highest BCUT2D eigenvalue weighted by molar-refractivity contribution is 7.13. The molecular formula is C10H15N3O3S. The van der Waals surface area contributed by atoms with Crippen molar-refractivity contribution in [1.29, 1.82) is 0 Å². The molecule has 7 heteroatoms. The number of carbonyl (C=O) groups excluding carboxylic acids is 1. The number of anilines is 1. The van der Waals surface area contributed by atoms with Gasteiger partial charge in [-0.1, -0.05) is 0 Å². The largest absolute Gasteiger partial charge is 0.480 e. The third-order valence-corrected chi connectivity index (χ3v) is 2.90. The first-order valence-corrected chi connectivity index (χ1v) is 5.99. The molecule has 1 heterocycles. The van der Waals surface area contributed by atoms with E-state index in [1.54, 1.807) is 13.8 Å². The SMILES string of the molecule is Cc1csc(NC(=O)N(CC(=O)O)C(C)C)n1. The minimum atomic E-state index is -1.04. The first-order valence-electron chi connectivity index (χ1n) is 5.11. The van der Waals surface area contributed by atoms with Crippen molar-refractivity contribution in [3.05, 3.63) is 11.1 Å². The number of hydrogen-bond acceptors (Lipinski definition) is 4. The van der Waals surface area contributed by atoms with Crippen LogP contribution in [0.3, 0.4) is 0 Å². The van der Waals surface area contributed by atoms with E-state index >= 15 is 0 Å². The Bertz CT molecular complexity index is 417. The maximum absolute atomic E-state index is 11.8. The highest BCUT2D eigenvalue weighted by Crippen LogP contribution is 2.15. The Balaban J connectivity index is 2.68. The Morgan fingerprint density at radius 1 is 1.59 bits per heavy atom. The fourth-order valence-corrected chi connectivity index (χ4v) is 1.89. The van der Waals surface area contributed by atoms with E-state index in [0.717, 1.165) is 5.69 Å². The van der Waals surface area contributed by atoms with Crippen LogP contribution in [0.5, 0.6) is 0 Å². The number of carbonyl (C=O) groups is 2. The molecule has 1 rings (SSSR count). The molecule has 2 N–H and O–H groups in total. The Kier molecular flexibility index (Phi) is 4.45. The molecule has 0 fully saturated rings. The number of thiazole rings is 1. The summed E-state index contributed by atoms with van der Waals surface area (Å²) in [6.07, 6.45) is 0. The number of aromatic nitrogens is 1. The molecule has 0 aromatic carbocycles. The van der Waals surface area contributed by atoms with E-state index in [9.17, 15) is 9.59 Å². The standard InChI is InChI=1S/C10H15N3O3S/c1-6(2)13(4-8(14)15)10(16)12-9-11-7(3)5-17-9/h5-6H,4H2,1-3H3,(H,14,15)(H,11,12,16). The second-order valence-corrected chi connectivity index (χ2v) is 4.70. The van der Waals surface area contributed by atoms with Gasteiger partial charge in [-0.2, -0.15) is 0 Å². The summed E-state index contributed by atoms with van der Waals surface area (Å²) in [7, 11) is 0. The summed E-state index contributed by atoms with van der Waals surface area (Å²) in [6.45, 7) is 5.02. The van der Waals surface area contributed by atoms with Crippen molar-refractivity contribution >= 4 is 28.5 Å². The molecule has 0 aliphatic rings. The van der Waals surface area contributed by atoms with E-state index in [-0.39, 0.29) is 12.6 Å². The van der Waals surface area contributed by atoms with Gasteiger partial charge >= 0.3 is 12.0 Å². The number of urea groups is 1. The van der Waals surface area contributed by atoms with E-state index in [0.29, 0.717) is 5.13 Å². The first kappa shape index (κ1) is 13.4. The van der Waals surface area contributed by atoms with Crippen molar-refractivity contribution in [2.24, 2.45) is 0 Å². The summed E-state index contributed by atoms with van der Waals surface area (Å²) < 4.78 is 0. The van der Waals surface area contributed by atoms with E-state index in [1.807, 2.05) is 12.3 Å².